The Labute approximate surface area is 92.6 Å². The number of rotatable bonds is 3. The number of hydrogen-bond acceptors (Lipinski definition) is 4. The van der Waals surface area contributed by atoms with Crippen molar-refractivity contribution < 1.29 is 9.94 Å². The summed E-state index contributed by atoms with van der Waals surface area (Å²) in [6.07, 6.45) is 4.71. The lowest BCUT2D eigenvalue weighted by molar-refractivity contribution is 0.321. The summed E-state index contributed by atoms with van der Waals surface area (Å²) in [4.78, 5) is 4.05. The van der Waals surface area contributed by atoms with Gasteiger partial charge in [-0.1, -0.05) is 5.16 Å². The van der Waals surface area contributed by atoms with Gasteiger partial charge in [0.15, 0.2) is 5.82 Å². The average Bonchev–Trinajstić information content (AvgIpc) is 2.78. The third-order valence-electron chi connectivity index (χ3n) is 2.19. The Morgan fingerprint density at radius 1 is 1.38 bits per heavy atom. The minimum Gasteiger partial charge on any atom is -0.497 e. The Morgan fingerprint density at radius 2 is 2.12 bits per heavy atom. The van der Waals surface area contributed by atoms with Crippen molar-refractivity contribution in [3.8, 4) is 11.4 Å². The SMILES string of the molecule is COc1ccc(-n2ccnc2/C=N/O)cc1. The third-order valence-corrected chi connectivity index (χ3v) is 2.19. The Hall–Kier alpha value is -2.30. The highest BCUT2D eigenvalue weighted by Gasteiger charge is 2.02. The van der Waals surface area contributed by atoms with Crippen LogP contribution in [-0.2, 0) is 0 Å². The molecule has 1 aromatic carbocycles. The highest BCUT2D eigenvalue weighted by molar-refractivity contribution is 5.75. The Balaban J connectivity index is 2.38. The summed E-state index contributed by atoms with van der Waals surface area (Å²) in [7, 11) is 1.62. The highest BCUT2D eigenvalue weighted by Crippen LogP contribution is 2.15. The van der Waals surface area contributed by atoms with Gasteiger partial charge < -0.3 is 9.94 Å². The van der Waals surface area contributed by atoms with Gasteiger partial charge in [-0.15, -0.1) is 0 Å². The molecule has 0 saturated heterocycles. The van der Waals surface area contributed by atoms with Crippen LogP contribution >= 0.6 is 0 Å². The zero-order valence-corrected chi connectivity index (χ0v) is 8.74. The van der Waals surface area contributed by atoms with Crippen molar-refractivity contribution >= 4 is 6.21 Å². The van der Waals surface area contributed by atoms with Crippen LogP contribution in [0.5, 0.6) is 5.75 Å². The second-order valence-corrected chi connectivity index (χ2v) is 3.10. The number of ether oxygens (including phenoxy) is 1. The first kappa shape index (κ1) is 10.2. The standard InChI is InChI=1S/C11H11N3O2/c1-16-10-4-2-9(3-5-10)14-7-6-12-11(14)8-13-15/h2-8,15H,1H3/b13-8+. The zero-order valence-electron chi connectivity index (χ0n) is 8.74. The first-order valence-corrected chi connectivity index (χ1v) is 4.70. The van der Waals surface area contributed by atoms with E-state index < -0.39 is 0 Å². The smallest absolute Gasteiger partial charge is 0.159 e. The van der Waals surface area contributed by atoms with Gasteiger partial charge in [0.05, 0.1) is 7.11 Å². The van der Waals surface area contributed by atoms with Crippen LogP contribution in [0.4, 0.5) is 0 Å². The number of nitrogens with zero attached hydrogens (tertiary/aromatic N) is 3. The first-order valence-electron chi connectivity index (χ1n) is 4.70. The number of imidazole rings is 1. The van der Waals surface area contributed by atoms with Crippen LogP contribution in [0.1, 0.15) is 5.82 Å². The molecule has 0 radical (unpaired) electrons. The molecule has 0 aliphatic carbocycles. The molecule has 0 aliphatic heterocycles. The summed E-state index contributed by atoms with van der Waals surface area (Å²) in [6, 6.07) is 7.51. The molecular formula is C11H11N3O2. The molecule has 5 nitrogen and oxygen atoms in total. The molecule has 0 aliphatic rings. The molecular weight excluding hydrogens is 206 g/mol. The molecule has 5 heteroatoms. The van der Waals surface area contributed by atoms with Crippen LogP contribution < -0.4 is 4.74 Å². The van der Waals surface area contributed by atoms with Crippen molar-refractivity contribution in [3.05, 3.63) is 42.5 Å². The summed E-state index contributed by atoms with van der Waals surface area (Å²) in [5, 5.41) is 11.5. The van der Waals surface area contributed by atoms with Crippen LogP contribution in [0, 0.1) is 0 Å². The van der Waals surface area contributed by atoms with Crippen LogP contribution in [0.25, 0.3) is 5.69 Å². The Bertz CT molecular complexity index is 488. The molecule has 82 valence electrons. The topological polar surface area (TPSA) is 59.6 Å². The van der Waals surface area contributed by atoms with E-state index in [0.717, 1.165) is 11.4 Å². The summed E-state index contributed by atoms with van der Waals surface area (Å²) in [5.74, 6) is 1.36. The van der Waals surface area contributed by atoms with E-state index in [1.807, 2.05) is 24.3 Å². The summed E-state index contributed by atoms with van der Waals surface area (Å²) >= 11 is 0. The maximum atomic E-state index is 8.49. The molecule has 0 fully saturated rings. The van der Waals surface area contributed by atoms with Gasteiger partial charge in [0.1, 0.15) is 12.0 Å². The van der Waals surface area contributed by atoms with Gasteiger partial charge in [-0.3, -0.25) is 4.57 Å². The van der Waals surface area contributed by atoms with Crippen LogP contribution in [0.15, 0.2) is 41.8 Å². The van der Waals surface area contributed by atoms with Crippen molar-refractivity contribution in [2.45, 2.75) is 0 Å². The monoisotopic (exact) mass is 217 g/mol. The molecule has 1 N–H and O–H groups in total. The predicted molar refractivity (Wildman–Crippen MR) is 59.5 cm³/mol. The number of aromatic nitrogens is 2. The molecule has 0 atom stereocenters. The molecule has 0 bridgehead atoms. The summed E-state index contributed by atoms with van der Waals surface area (Å²) in [5.41, 5.74) is 0.924. The molecule has 0 amide bonds. The van der Waals surface area contributed by atoms with Crippen LogP contribution in [0.2, 0.25) is 0 Å². The van der Waals surface area contributed by atoms with E-state index in [0.29, 0.717) is 5.82 Å². The predicted octanol–water partition coefficient (Wildman–Crippen LogP) is 1.69. The lowest BCUT2D eigenvalue weighted by Crippen LogP contribution is -1.99. The van der Waals surface area contributed by atoms with E-state index in [9.17, 15) is 0 Å². The van der Waals surface area contributed by atoms with Crippen LogP contribution in [0.3, 0.4) is 0 Å². The fourth-order valence-corrected chi connectivity index (χ4v) is 1.42. The molecule has 0 spiro atoms. The Kier molecular flexibility index (Phi) is 2.86. The number of methoxy groups -OCH3 is 1. The van der Waals surface area contributed by atoms with E-state index in [1.165, 1.54) is 6.21 Å². The van der Waals surface area contributed by atoms with E-state index in [4.69, 9.17) is 9.94 Å². The number of benzene rings is 1. The molecule has 1 heterocycles. The highest BCUT2D eigenvalue weighted by atomic mass is 16.5. The minimum absolute atomic E-state index is 0.563. The van der Waals surface area contributed by atoms with Gasteiger partial charge in [-0.25, -0.2) is 4.98 Å². The lowest BCUT2D eigenvalue weighted by Gasteiger charge is -2.05. The van der Waals surface area contributed by atoms with Crippen molar-refractivity contribution in [3.63, 3.8) is 0 Å². The van der Waals surface area contributed by atoms with Gasteiger partial charge in [-0.05, 0) is 24.3 Å². The second kappa shape index (κ2) is 4.48. The van der Waals surface area contributed by atoms with Gasteiger partial charge in [0, 0.05) is 18.1 Å². The molecule has 0 saturated carbocycles. The summed E-state index contributed by atoms with van der Waals surface area (Å²) < 4.78 is 6.88. The average molecular weight is 217 g/mol. The van der Waals surface area contributed by atoms with Gasteiger partial charge in [0.2, 0.25) is 0 Å². The fourth-order valence-electron chi connectivity index (χ4n) is 1.42. The largest absolute Gasteiger partial charge is 0.497 e. The maximum absolute atomic E-state index is 8.49. The normalized spacial score (nSPS) is 10.8. The van der Waals surface area contributed by atoms with Gasteiger partial charge in [0.25, 0.3) is 0 Å². The third kappa shape index (κ3) is 1.88. The van der Waals surface area contributed by atoms with E-state index in [1.54, 1.807) is 24.1 Å². The summed E-state index contributed by atoms with van der Waals surface area (Å²) in [6.45, 7) is 0. The van der Waals surface area contributed by atoms with Gasteiger partial charge >= 0.3 is 0 Å². The Morgan fingerprint density at radius 3 is 2.75 bits per heavy atom. The fraction of sp³-hybridized carbons (Fsp3) is 0.0909. The number of hydrogen-bond donors (Lipinski definition) is 1. The molecule has 0 unspecified atom stereocenters. The van der Waals surface area contributed by atoms with Crippen molar-refractivity contribution in [2.24, 2.45) is 5.16 Å². The van der Waals surface area contributed by atoms with Crippen molar-refractivity contribution in [1.82, 2.24) is 9.55 Å². The van der Waals surface area contributed by atoms with E-state index in [2.05, 4.69) is 10.1 Å². The maximum Gasteiger partial charge on any atom is 0.159 e. The first-order chi connectivity index (χ1) is 7.85. The number of oxime groups is 1. The molecule has 2 aromatic rings. The zero-order chi connectivity index (χ0) is 11.4. The molecule has 2 rings (SSSR count). The van der Waals surface area contributed by atoms with E-state index >= 15 is 0 Å². The quantitative estimate of drug-likeness (QED) is 0.483. The minimum atomic E-state index is 0.563. The van der Waals surface area contributed by atoms with E-state index in [-0.39, 0.29) is 0 Å². The second-order valence-electron chi connectivity index (χ2n) is 3.10. The lowest BCUT2D eigenvalue weighted by atomic mass is 10.3. The van der Waals surface area contributed by atoms with Gasteiger partial charge in [-0.2, -0.15) is 0 Å². The van der Waals surface area contributed by atoms with Crippen molar-refractivity contribution in [2.75, 3.05) is 7.11 Å². The molecule has 16 heavy (non-hydrogen) atoms. The molecule has 1 aromatic heterocycles. The van der Waals surface area contributed by atoms with Crippen LogP contribution in [-0.4, -0.2) is 28.1 Å². The van der Waals surface area contributed by atoms with Crippen molar-refractivity contribution in [1.29, 1.82) is 0 Å².